The highest BCUT2D eigenvalue weighted by atomic mass is 31.2. The minimum absolute atomic E-state index is 0.0618. The number of allylic oxidation sites excluding steroid dienone is 1. The van der Waals surface area contributed by atoms with Gasteiger partial charge in [-0.2, -0.15) is 0 Å². The van der Waals surface area contributed by atoms with Gasteiger partial charge in [0.25, 0.3) is 0 Å². The first-order valence-corrected chi connectivity index (χ1v) is 5.96. The highest BCUT2D eigenvalue weighted by molar-refractivity contribution is 7.55. The SMILES string of the molecule is CO[PH](=O)CC=CP(=O)(O)O. The maximum atomic E-state index is 10.6. The highest BCUT2D eigenvalue weighted by Gasteiger charge is 2.04. The lowest BCUT2D eigenvalue weighted by Gasteiger charge is -1.94. The number of hydrogen-bond donors (Lipinski definition) is 2. The van der Waals surface area contributed by atoms with Gasteiger partial charge in [-0.1, -0.05) is 6.08 Å². The Morgan fingerprint density at radius 3 is 2.55 bits per heavy atom. The molecule has 0 bridgehead atoms. The fourth-order valence-electron chi connectivity index (χ4n) is 0.370. The van der Waals surface area contributed by atoms with Crippen LogP contribution in [0.25, 0.3) is 0 Å². The van der Waals surface area contributed by atoms with Crippen LogP contribution in [0.5, 0.6) is 0 Å². The first kappa shape index (κ1) is 11.1. The second-order valence-electron chi connectivity index (χ2n) is 1.75. The van der Waals surface area contributed by atoms with Crippen molar-refractivity contribution in [3.05, 3.63) is 11.9 Å². The first-order valence-electron chi connectivity index (χ1n) is 2.75. The van der Waals surface area contributed by atoms with Gasteiger partial charge in [0.05, 0.1) is 0 Å². The molecule has 0 spiro atoms. The summed E-state index contributed by atoms with van der Waals surface area (Å²) in [5.74, 6) is 0.717. The Labute approximate surface area is 65.1 Å². The van der Waals surface area contributed by atoms with Crippen LogP contribution >= 0.6 is 15.6 Å². The zero-order valence-electron chi connectivity index (χ0n) is 5.93. The van der Waals surface area contributed by atoms with E-state index >= 15 is 0 Å². The zero-order chi connectivity index (χ0) is 8.91. The molecule has 0 aliphatic carbocycles. The van der Waals surface area contributed by atoms with Gasteiger partial charge in [-0.3, -0.25) is 9.13 Å². The van der Waals surface area contributed by atoms with Gasteiger partial charge in [-0.15, -0.1) is 0 Å². The molecule has 0 aliphatic heterocycles. The molecule has 0 amide bonds. The van der Waals surface area contributed by atoms with Gasteiger partial charge in [0.2, 0.25) is 0 Å². The van der Waals surface area contributed by atoms with E-state index in [1.54, 1.807) is 0 Å². The molecular formula is C4H10O5P2. The lowest BCUT2D eigenvalue weighted by Crippen LogP contribution is -1.74. The van der Waals surface area contributed by atoms with Crippen LogP contribution in [0.1, 0.15) is 0 Å². The summed E-state index contributed by atoms with van der Waals surface area (Å²) in [5.41, 5.74) is 0. The van der Waals surface area contributed by atoms with Crippen LogP contribution in [0.2, 0.25) is 0 Å². The molecule has 0 rings (SSSR count). The largest absolute Gasteiger partial charge is 0.348 e. The van der Waals surface area contributed by atoms with E-state index in [0.717, 1.165) is 6.08 Å². The summed E-state index contributed by atoms with van der Waals surface area (Å²) in [5, 5.41) is 0. The van der Waals surface area contributed by atoms with E-state index in [9.17, 15) is 9.13 Å². The third-order valence-corrected chi connectivity index (χ3v) is 2.44. The summed E-state index contributed by atoms with van der Waals surface area (Å²) in [6.45, 7) is 0. The molecule has 5 nitrogen and oxygen atoms in total. The van der Waals surface area contributed by atoms with E-state index in [4.69, 9.17) is 9.79 Å². The van der Waals surface area contributed by atoms with Gasteiger partial charge in [0.15, 0.2) is 8.03 Å². The summed E-state index contributed by atoms with van der Waals surface area (Å²) in [6.07, 6.45) is 1.22. The van der Waals surface area contributed by atoms with E-state index in [2.05, 4.69) is 4.52 Å². The number of hydrogen-bond acceptors (Lipinski definition) is 3. The van der Waals surface area contributed by atoms with Crippen molar-refractivity contribution in [1.82, 2.24) is 0 Å². The number of rotatable bonds is 4. The van der Waals surface area contributed by atoms with E-state index < -0.39 is 15.6 Å². The summed E-state index contributed by atoms with van der Waals surface area (Å²) in [4.78, 5) is 16.6. The van der Waals surface area contributed by atoms with Gasteiger partial charge in [-0.25, -0.2) is 0 Å². The van der Waals surface area contributed by atoms with Crippen LogP contribution in [-0.4, -0.2) is 23.1 Å². The standard InChI is InChI=1S/C4H10O5P2/c1-9-10(5)3-2-4-11(6,7)8/h2,4,10H,3H2,1H3,(H2,6,7,8). The van der Waals surface area contributed by atoms with Crippen LogP contribution in [0.3, 0.4) is 0 Å². The molecular weight excluding hydrogens is 190 g/mol. The Morgan fingerprint density at radius 1 is 1.64 bits per heavy atom. The quantitative estimate of drug-likeness (QED) is 0.655. The van der Waals surface area contributed by atoms with Crippen LogP contribution in [0.15, 0.2) is 11.9 Å². The smallest absolute Gasteiger partial charge is 0.334 e. The molecule has 0 radical (unpaired) electrons. The molecule has 0 aromatic rings. The highest BCUT2D eigenvalue weighted by Crippen LogP contribution is 2.36. The maximum Gasteiger partial charge on any atom is 0.348 e. The normalized spacial score (nSPS) is 15.5. The maximum absolute atomic E-state index is 10.6. The summed E-state index contributed by atoms with van der Waals surface area (Å²) < 4.78 is 25.1. The Balaban J connectivity index is 3.79. The molecule has 0 heterocycles. The summed E-state index contributed by atoms with van der Waals surface area (Å²) in [7, 11) is -4.94. The minimum atomic E-state index is -4.09. The van der Waals surface area contributed by atoms with Crippen molar-refractivity contribution in [2.45, 2.75) is 0 Å². The summed E-state index contributed by atoms with van der Waals surface area (Å²) >= 11 is 0. The molecule has 0 saturated carbocycles. The predicted molar refractivity (Wildman–Crippen MR) is 42.1 cm³/mol. The topological polar surface area (TPSA) is 83.8 Å². The Hall–Kier alpha value is 0.0800. The molecule has 0 saturated heterocycles. The lowest BCUT2D eigenvalue weighted by molar-refractivity contribution is 0.386. The van der Waals surface area contributed by atoms with E-state index in [0.29, 0.717) is 5.82 Å². The Kier molecular flexibility index (Phi) is 4.89. The zero-order valence-corrected chi connectivity index (χ0v) is 7.82. The second kappa shape index (κ2) is 4.86. The third kappa shape index (κ3) is 7.98. The van der Waals surface area contributed by atoms with Crippen LogP contribution in [0.4, 0.5) is 0 Å². The summed E-state index contributed by atoms with van der Waals surface area (Å²) in [6, 6.07) is 0. The molecule has 66 valence electrons. The van der Waals surface area contributed by atoms with Crippen molar-refractivity contribution in [3.63, 3.8) is 0 Å². The molecule has 0 fully saturated rings. The molecule has 0 aliphatic rings. The van der Waals surface area contributed by atoms with Crippen molar-refractivity contribution in [1.29, 1.82) is 0 Å². The van der Waals surface area contributed by atoms with Gasteiger partial charge < -0.3 is 14.3 Å². The lowest BCUT2D eigenvalue weighted by atomic mass is 10.8. The minimum Gasteiger partial charge on any atom is -0.334 e. The third-order valence-electron chi connectivity index (χ3n) is 0.812. The molecule has 11 heavy (non-hydrogen) atoms. The fourth-order valence-corrected chi connectivity index (χ4v) is 1.42. The van der Waals surface area contributed by atoms with Crippen LogP contribution in [0, 0.1) is 0 Å². The Morgan fingerprint density at radius 2 is 2.18 bits per heavy atom. The molecule has 7 heteroatoms. The van der Waals surface area contributed by atoms with Crippen LogP contribution < -0.4 is 0 Å². The van der Waals surface area contributed by atoms with Crippen molar-refractivity contribution < 1.29 is 23.4 Å². The predicted octanol–water partition coefficient (Wildman–Crippen LogP) is 0.799. The molecule has 0 aromatic carbocycles. The molecule has 0 aromatic heterocycles. The Bertz CT molecular complexity index is 205. The molecule has 2 N–H and O–H groups in total. The van der Waals surface area contributed by atoms with Crippen molar-refractivity contribution in [2.24, 2.45) is 0 Å². The average Bonchev–Trinajstić information content (AvgIpc) is 1.85. The van der Waals surface area contributed by atoms with Crippen LogP contribution in [-0.2, 0) is 13.7 Å². The molecule has 1 atom stereocenters. The van der Waals surface area contributed by atoms with Crippen molar-refractivity contribution >= 4 is 15.6 Å². The first-order chi connectivity index (χ1) is 4.95. The second-order valence-corrected chi connectivity index (χ2v) is 4.79. The van der Waals surface area contributed by atoms with E-state index in [1.807, 2.05) is 0 Å². The van der Waals surface area contributed by atoms with Gasteiger partial charge >= 0.3 is 7.60 Å². The van der Waals surface area contributed by atoms with Crippen molar-refractivity contribution in [2.75, 3.05) is 13.3 Å². The van der Waals surface area contributed by atoms with Gasteiger partial charge in [0, 0.05) is 19.1 Å². The van der Waals surface area contributed by atoms with Gasteiger partial charge in [-0.05, 0) is 0 Å². The van der Waals surface area contributed by atoms with E-state index in [1.165, 1.54) is 7.11 Å². The van der Waals surface area contributed by atoms with Crippen molar-refractivity contribution in [3.8, 4) is 0 Å². The van der Waals surface area contributed by atoms with E-state index in [-0.39, 0.29) is 6.16 Å². The monoisotopic (exact) mass is 200 g/mol. The molecule has 1 unspecified atom stereocenters. The average molecular weight is 200 g/mol. The fraction of sp³-hybridized carbons (Fsp3) is 0.500. The van der Waals surface area contributed by atoms with Gasteiger partial charge in [0.1, 0.15) is 0 Å².